The van der Waals surface area contributed by atoms with Gasteiger partial charge in [0.1, 0.15) is 41.5 Å². The van der Waals surface area contributed by atoms with Crippen LogP contribution in [0.2, 0.25) is 0 Å². The van der Waals surface area contributed by atoms with E-state index in [-0.39, 0.29) is 0 Å². The zero-order chi connectivity index (χ0) is 36.8. The number of halogens is 12. The summed E-state index contributed by atoms with van der Waals surface area (Å²) >= 11 is 0. The molecule has 1 fully saturated rings. The molecule has 0 unspecified atom stereocenters. The molecule has 49 heavy (non-hydrogen) atoms. The first-order valence-corrected chi connectivity index (χ1v) is 12.4. The van der Waals surface area contributed by atoms with Gasteiger partial charge in [0.15, 0.2) is 69.8 Å². The van der Waals surface area contributed by atoms with Crippen molar-refractivity contribution < 1.29 is 52.7 Å². The fraction of sp³-hybridized carbons (Fsp3) is 0.0323. The van der Waals surface area contributed by atoms with Gasteiger partial charge in [-0.05, 0) is 0 Å². The predicted molar refractivity (Wildman–Crippen MR) is 139 cm³/mol. The fourth-order valence-corrected chi connectivity index (χ4v) is 4.66. The molecule has 242 valence electrons. The van der Waals surface area contributed by atoms with Crippen LogP contribution in [0.4, 0.5) is 52.7 Å². The highest BCUT2D eigenvalue weighted by Gasteiger charge is 2.46. The van der Waals surface area contributed by atoms with Crippen molar-refractivity contribution in [2.24, 2.45) is 4.99 Å². The molecule has 18 heteroatoms. The number of hydrogen-bond donors (Lipinski definition) is 0. The van der Waals surface area contributed by atoms with Crippen LogP contribution in [0.25, 0.3) is 16.7 Å². The second kappa shape index (κ2) is 12.7. The maximum absolute atomic E-state index is 15.3. The normalized spacial score (nSPS) is 14.1. The summed E-state index contributed by atoms with van der Waals surface area (Å²) in [4.78, 5) is 3.19. The molecule has 0 aromatic heterocycles. The van der Waals surface area contributed by atoms with Crippen molar-refractivity contribution in [1.82, 2.24) is 0 Å². The number of nitriles is 5. The lowest BCUT2D eigenvalue weighted by molar-refractivity contribution is 0.446. The summed E-state index contributed by atoms with van der Waals surface area (Å²) in [6, 6.07) is 4.56. The average Bonchev–Trinajstić information content (AvgIpc) is 3.80. The molecule has 0 amide bonds. The molecule has 3 aromatic rings. The molecule has 0 spiro atoms. The van der Waals surface area contributed by atoms with Crippen LogP contribution < -0.4 is 0 Å². The van der Waals surface area contributed by atoms with E-state index in [0.29, 0.717) is 6.21 Å². The highest BCUT2D eigenvalue weighted by atomic mass is 19.2. The number of aliphatic imine (C=N–C) groups is 1. The van der Waals surface area contributed by atoms with E-state index in [2.05, 4.69) is 4.99 Å². The van der Waals surface area contributed by atoms with Crippen molar-refractivity contribution in [3.8, 4) is 30.3 Å². The van der Waals surface area contributed by atoms with E-state index < -0.39 is 137 Å². The zero-order valence-electron chi connectivity index (χ0n) is 23.3. The van der Waals surface area contributed by atoms with E-state index in [1.807, 2.05) is 0 Å². The molecule has 1 aliphatic rings. The molecule has 0 N–H and O–H groups in total. The van der Waals surface area contributed by atoms with Crippen LogP contribution in [0.15, 0.2) is 21.7 Å². The van der Waals surface area contributed by atoms with Crippen molar-refractivity contribution >= 4 is 22.9 Å². The number of rotatable bonds is 4. The topological polar surface area (TPSA) is 131 Å². The molecule has 4 rings (SSSR count). The smallest absolute Gasteiger partial charge is 0.180 e. The van der Waals surface area contributed by atoms with E-state index in [1.165, 1.54) is 0 Å². The van der Waals surface area contributed by atoms with E-state index in [1.54, 1.807) is 0 Å². The van der Waals surface area contributed by atoms with Crippen molar-refractivity contribution in [1.29, 1.82) is 26.3 Å². The molecule has 1 saturated carbocycles. The minimum atomic E-state index is -2.51. The Bertz CT molecular complexity index is 2220. The molecule has 3 aromatic carbocycles. The van der Waals surface area contributed by atoms with Gasteiger partial charge in [0.25, 0.3) is 0 Å². The molecular formula is C31H4F12N6. The third-order valence-corrected chi connectivity index (χ3v) is 6.83. The number of hydrogen-bond acceptors (Lipinski definition) is 6. The minimum absolute atomic E-state index is 0.300. The zero-order valence-corrected chi connectivity index (χ0v) is 23.3. The summed E-state index contributed by atoms with van der Waals surface area (Å²) < 4.78 is 179. The maximum Gasteiger partial charge on any atom is 0.180 e. The van der Waals surface area contributed by atoms with Crippen LogP contribution in [-0.4, -0.2) is 13.3 Å². The molecule has 0 bridgehead atoms. The lowest BCUT2D eigenvalue weighted by Gasteiger charge is -2.09. The Morgan fingerprint density at radius 1 is 0.429 bits per heavy atom. The summed E-state index contributed by atoms with van der Waals surface area (Å²) in [5, 5.41) is 47.3. The molecule has 0 saturated heterocycles. The summed E-state index contributed by atoms with van der Waals surface area (Å²) in [5.41, 5.74) is -20.6. The standard InChI is InChI=1S/C31H4F12N6/c1-49-7-13-24(36)30(42)19(31(43)25(13)37)10(4-46)16-14(8(2-44)17-26(38)20(32)11(5-47)21(33)27(17)39)15(16)9(3-45)18-28(40)22(34)12(6-48)23(35)29(18)41/h7H,1H3. The number of nitrogens with zero attached hydrogens (tertiary/aromatic N) is 6. The average molecular weight is 688 g/mol. The summed E-state index contributed by atoms with van der Waals surface area (Å²) in [6.07, 6.45) is 0.300. The van der Waals surface area contributed by atoms with Crippen molar-refractivity contribution in [2.45, 2.75) is 0 Å². The Morgan fingerprint density at radius 2 is 0.673 bits per heavy atom. The fourth-order valence-electron chi connectivity index (χ4n) is 4.66. The molecule has 0 heterocycles. The largest absolute Gasteiger partial charge is 0.296 e. The van der Waals surface area contributed by atoms with Gasteiger partial charge >= 0.3 is 0 Å². The second-order valence-electron chi connectivity index (χ2n) is 9.25. The SMILES string of the molecule is CN=Cc1c(F)c(F)c(C(C#N)=C2C(=C(C#N)c3c(F)c(F)c(C#N)c(F)c3F)C2=C(C#N)c2c(F)c(F)c(C#N)c(F)c2F)c(F)c1F. The van der Waals surface area contributed by atoms with Crippen LogP contribution in [0.1, 0.15) is 33.4 Å². The van der Waals surface area contributed by atoms with Gasteiger partial charge in [-0.3, -0.25) is 4.99 Å². The number of allylic oxidation sites excluding steroid dienone is 6. The third kappa shape index (κ3) is 5.02. The van der Waals surface area contributed by atoms with Gasteiger partial charge in [0.2, 0.25) is 0 Å². The lowest BCUT2D eigenvalue weighted by atomic mass is 9.99. The van der Waals surface area contributed by atoms with Crippen LogP contribution in [0.3, 0.4) is 0 Å². The van der Waals surface area contributed by atoms with Gasteiger partial charge in [-0.15, -0.1) is 0 Å². The Morgan fingerprint density at radius 3 is 0.878 bits per heavy atom. The van der Waals surface area contributed by atoms with Crippen LogP contribution in [-0.2, 0) is 0 Å². The minimum Gasteiger partial charge on any atom is -0.296 e. The van der Waals surface area contributed by atoms with Gasteiger partial charge in [0.05, 0.1) is 39.0 Å². The molecule has 0 atom stereocenters. The van der Waals surface area contributed by atoms with Crippen molar-refractivity contribution in [2.75, 3.05) is 7.05 Å². The quantitative estimate of drug-likeness (QED) is 0.122. The predicted octanol–water partition coefficient (Wildman–Crippen LogP) is 7.39. The Balaban J connectivity index is 2.37. The summed E-state index contributed by atoms with van der Waals surface area (Å²) in [7, 11) is 0.927. The molecular weight excluding hydrogens is 684 g/mol. The summed E-state index contributed by atoms with van der Waals surface area (Å²) in [6.45, 7) is 0. The molecule has 0 aliphatic heterocycles. The van der Waals surface area contributed by atoms with Gasteiger partial charge < -0.3 is 0 Å². The second-order valence-corrected chi connectivity index (χ2v) is 9.25. The number of benzene rings is 3. The highest BCUT2D eigenvalue weighted by Crippen LogP contribution is 2.57. The Labute approximate surface area is 264 Å². The van der Waals surface area contributed by atoms with Gasteiger partial charge in [0, 0.05) is 30.0 Å². The van der Waals surface area contributed by atoms with E-state index in [9.17, 15) is 42.1 Å². The Hall–Kier alpha value is -6.84. The van der Waals surface area contributed by atoms with Crippen LogP contribution >= 0.6 is 0 Å². The van der Waals surface area contributed by atoms with Gasteiger partial charge in [-0.1, -0.05) is 0 Å². The van der Waals surface area contributed by atoms with Crippen molar-refractivity contribution in [3.63, 3.8) is 0 Å². The first-order chi connectivity index (χ1) is 23.1. The monoisotopic (exact) mass is 688 g/mol. The highest BCUT2D eigenvalue weighted by molar-refractivity contribution is 6.12. The van der Waals surface area contributed by atoms with E-state index in [4.69, 9.17) is 10.5 Å². The molecule has 6 nitrogen and oxygen atoms in total. The first kappa shape index (κ1) is 35.0. The lowest BCUT2D eigenvalue weighted by Crippen LogP contribution is -2.08. The van der Waals surface area contributed by atoms with E-state index in [0.717, 1.165) is 37.4 Å². The van der Waals surface area contributed by atoms with E-state index >= 15 is 26.3 Å². The molecule has 0 radical (unpaired) electrons. The molecule has 1 aliphatic carbocycles. The van der Waals surface area contributed by atoms with Crippen molar-refractivity contribution in [3.05, 3.63) is 120 Å². The van der Waals surface area contributed by atoms with Crippen LogP contribution in [0.5, 0.6) is 0 Å². The van der Waals surface area contributed by atoms with Gasteiger partial charge in [-0.25, -0.2) is 52.7 Å². The summed E-state index contributed by atoms with van der Waals surface area (Å²) in [5.74, 6) is -28.9. The van der Waals surface area contributed by atoms with Gasteiger partial charge in [-0.2, -0.15) is 26.3 Å². The maximum atomic E-state index is 15.3. The van der Waals surface area contributed by atoms with Crippen LogP contribution in [0, 0.1) is 126 Å². The Kier molecular flexibility index (Phi) is 9.11. The first-order valence-electron chi connectivity index (χ1n) is 12.4. The third-order valence-electron chi connectivity index (χ3n) is 6.83.